The maximum absolute atomic E-state index is 9.10. The predicted molar refractivity (Wildman–Crippen MR) is 62.7 cm³/mol. The van der Waals surface area contributed by atoms with Crippen molar-refractivity contribution in [2.24, 2.45) is 5.41 Å². The topological polar surface area (TPSA) is 71.2 Å². The van der Waals surface area contributed by atoms with Gasteiger partial charge in [-0.25, -0.2) is 4.98 Å². The van der Waals surface area contributed by atoms with Crippen LogP contribution in [-0.4, -0.2) is 23.2 Å². The molecule has 0 radical (unpaired) electrons. The number of aliphatic hydroxyl groups excluding tert-OH is 1. The molecule has 1 heterocycles. The molecule has 0 bridgehead atoms. The summed E-state index contributed by atoms with van der Waals surface area (Å²) >= 11 is 0. The van der Waals surface area contributed by atoms with Crippen LogP contribution in [0, 0.1) is 12.3 Å². The number of nitrogens with zero attached hydrogens (tertiary/aromatic N) is 1. The predicted octanol–water partition coefficient (Wildman–Crippen LogP) is 1.40. The molecule has 0 aliphatic carbocycles. The van der Waals surface area contributed by atoms with Gasteiger partial charge in [-0.05, 0) is 19.1 Å². The van der Waals surface area contributed by atoms with Crippen LogP contribution in [0.3, 0.4) is 0 Å². The molecule has 4 heteroatoms. The van der Waals surface area contributed by atoms with Crippen molar-refractivity contribution in [3.05, 3.63) is 17.8 Å². The molecule has 0 saturated carbocycles. The first-order valence-electron chi connectivity index (χ1n) is 5.02. The molecule has 0 amide bonds. The number of hydrogen-bond acceptors (Lipinski definition) is 4. The van der Waals surface area contributed by atoms with Crippen LogP contribution in [0.4, 0.5) is 11.5 Å². The second-order valence-corrected chi connectivity index (χ2v) is 4.57. The van der Waals surface area contributed by atoms with Crippen molar-refractivity contribution >= 4 is 11.5 Å². The SMILES string of the molecule is Cc1ccc(N)c(NCC(C)(C)CO)n1. The molecule has 0 aliphatic heterocycles. The summed E-state index contributed by atoms with van der Waals surface area (Å²) in [6.07, 6.45) is 0. The van der Waals surface area contributed by atoms with E-state index in [4.69, 9.17) is 10.8 Å². The third-order valence-electron chi connectivity index (χ3n) is 2.23. The number of aliphatic hydroxyl groups is 1. The molecule has 15 heavy (non-hydrogen) atoms. The third-order valence-corrected chi connectivity index (χ3v) is 2.23. The van der Waals surface area contributed by atoms with Crippen molar-refractivity contribution in [1.82, 2.24) is 4.98 Å². The van der Waals surface area contributed by atoms with Gasteiger partial charge in [0.25, 0.3) is 0 Å². The highest BCUT2D eigenvalue weighted by molar-refractivity contribution is 5.61. The lowest BCUT2D eigenvalue weighted by atomic mass is 9.95. The van der Waals surface area contributed by atoms with Gasteiger partial charge in [0.05, 0.1) is 5.69 Å². The number of aryl methyl sites for hydroxylation is 1. The zero-order valence-corrected chi connectivity index (χ0v) is 9.54. The van der Waals surface area contributed by atoms with E-state index in [9.17, 15) is 0 Å². The number of anilines is 2. The average molecular weight is 209 g/mol. The standard InChI is InChI=1S/C11H19N3O/c1-8-4-5-9(12)10(14-8)13-6-11(2,3)7-15/h4-5,15H,6-7,12H2,1-3H3,(H,13,14). The second kappa shape index (κ2) is 4.49. The van der Waals surface area contributed by atoms with Crippen LogP contribution in [0.1, 0.15) is 19.5 Å². The molecule has 0 unspecified atom stereocenters. The van der Waals surface area contributed by atoms with Gasteiger partial charge in [-0.3, -0.25) is 0 Å². The van der Waals surface area contributed by atoms with E-state index >= 15 is 0 Å². The third kappa shape index (κ3) is 3.40. The Balaban J connectivity index is 2.69. The van der Waals surface area contributed by atoms with Gasteiger partial charge in [-0.2, -0.15) is 0 Å². The molecule has 1 rings (SSSR count). The normalized spacial score (nSPS) is 11.5. The summed E-state index contributed by atoms with van der Waals surface area (Å²) in [6.45, 7) is 6.65. The Morgan fingerprint density at radius 3 is 2.73 bits per heavy atom. The van der Waals surface area contributed by atoms with Crippen molar-refractivity contribution in [3.8, 4) is 0 Å². The summed E-state index contributed by atoms with van der Waals surface area (Å²) in [5.41, 5.74) is 7.16. The van der Waals surface area contributed by atoms with Gasteiger partial charge in [-0.15, -0.1) is 0 Å². The van der Waals surface area contributed by atoms with Gasteiger partial charge in [0.2, 0.25) is 0 Å². The lowest BCUT2D eigenvalue weighted by Gasteiger charge is -2.22. The second-order valence-electron chi connectivity index (χ2n) is 4.57. The van der Waals surface area contributed by atoms with E-state index in [-0.39, 0.29) is 12.0 Å². The first-order chi connectivity index (χ1) is 6.94. The molecule has 84 valence electrons. The van der Waals surface area contributed by atoms with Crippen LogP contribution in [-0.2, 0) is 0 Å². The van der Waals surface area contributed by atoms with Crippen molar-refractivity contribution in [3.63, 3.8) is 0 Å². The minimum atomic E-state index is -0.169. The molecular weight excluding hydrogens is 190 g/mol. The molecule has 0 atom stereocenters. The molecule has 1 aromatic rings. The Morgan fingerprint density at radius 2 is 2.13 bits per heavy atom. The highest BCUT2D eigenvalue weighted by atomic mass is 16.3. The summed E-state index contributed by atoms with van der Waals surface area (Å²) < 4.78 is 0. The number of pyridine rings is 1. The molecule has 4 N–H and O–H groups in total. The van der Waals surface area contributed by atoms with E-state index in [1.165, 1.54) is 0 Å². The number of aromatic nitrogens is 1. The van der Waals surface area contributed by atoms with E-state index in [1.807, 2.05) is 32.9 Å². The molecule has 1 aromatic heterocycles. The number of nitrogen functional groups attached to an aromatic ring is 1. The van der Waals surface area contributed by atoms with Gasteiger partial charge in [0.1, 0.15) is 5.82 Å². The van der Waals surface area contributed by atoms with Crippen LogP contribution in [0.25, 0.3) is 0 Å². The monoisotopic (exact) mass is 209 g/mol. The van der Waals surface area contributed by atoms with E-state index in [0.29, 0.717) is 18.1 Å². The number of hydrogen-bond donors (Lipinski definition) is 3. The van der Waals surface area contributed by atoms with Crippen molar-refractivity contribution in [1.29, 1.82) is 0 Å². The average Bonchev–Trinajstić information content (AvgIpc) is 2.20. The summed E-state index contributed by atoms with van der Waals surface area (Å²) in [6, 6.07) is 3.70. The zero-order chi connectivity index (χ0) is 11.5. The Hall–Kier alpha value is -1.29. The Morgan fingerprint density at radius 1 is 1.47 bits per heavy atom. The van der Waals surface area contributed by atoms with Crippen LogP contribution in [0.5, 0.6) is 0 Å². The first-order valence-corrected chi connectivity index (χ1v) is 5.02. The van der Waals surface area contributed by atoms with Gasteiger partial charge >= 0.3 is 0 Å². The number of nitrogens with two attached hydrogens (primary N) is 1. The summed E-state index contributed by atoms with van der Waals surface area (Å²) in [5.74, 6) is 0.691. The maximum Gasteiger partial charge on any atom is 0.149 e. The van der Waals surface area contributed by atoms with Crippen molar-refractivity contribution in [2.75, 3.05) is 24.2 Å². The summed E-state index contributed by atoms with van der Waals surface area (Å²) in [7, 11) is 0. The van der Waals surface area contributed by atoms with Crippen molar-refractivity contribution in [2.45, 2.75) is 20.8 Å². The Labute approximate surface area is 90.5 Å². The smallest absolute Gasteiger partial charge is 0.149 e. The van der Waals surface area contributed by atoms with E-state index < -0.39 is 0 Å². The Kier molecular flexibility index (Phi) is 3.52. The van der Waals surface area contributed by atoms with Gasteiger partial charge in [0, 0.05) is 24.3 Å². The molecule has 0 aliphatic rings. The van der Waals surface area contributed by atoms with Crippen LogP contribution >= 0.6 is 0 Å². The fourth-order valence-electron chi connectivity index (χ4n) is 1.09. The number of nitrogens with one attached hydrogen (secondary N) is 1. The summed E-state index contributed by atoms with van der Waals surface area (Å²) in [4.78, 5) is 4.29. The van der Waals surface area contributed by atoms with Gasteiger partial charge in [-0.1, -0.05) is 13.8 Å². The molecule has 0 aromatic carbocycles. The highest BCUT2D eigenvalue weighted by Gasteiger charge is 2.16. The van der Waals surface area contributed by atoms with Crippen LogP contribution in [0.2, 0.25) is 0 Å². The van der Waals surface area contributed by atoms with E-state index in [2.05, 4.69) is 10.3 Å². The van der Waals surface area contributed by atoms with Crippen molar-refractivity contribution < 1.29 is 5.11 Å². The zero-order valence-electron chi connectivity index (χ0n) is 9.54. The minimum Gasteiger partial charge on any atom is -0.396 e. The Bertz CT molecular complexity index is 337. The lowest BCUT2D eigenvalue weighted by molar-refractivity contribution is 0.171. The molecular formula is C11H19N3O. The summed E-state index contributed by atoms with van der Waals surface area (Å²) in [5, 5.41) is 12.3. The van der Waals surface area contributed by atoms with E-state index in [0.717, 1.165) is 5.69 Å². The van der Waals surface area contributed by atoms with Crippen LogP contribution < -0.4 is 11.1 Å². The fraction of sp³-hybridized carbons (Fsp3) is 0.545. The molecule has 0 spiro atoms. The van der Waals surface area contributed by atoms with Gasteiger partial charge in [0.15, 0.2) is 0 Å². The largest absolute Gasteiger partial charge is 0.396 e. The molecule has 0 fully saturated rings. The van der Waals surface area contributed by atoms with Gasteiger partial charge < -0.3 is 16.2 Å². The molecule has 4 nitrogen and oxygen atoms in total. The highest BCUT2D eigenvalue weighted by Crippen LogP contribution is 2.19. The molecule has 0 saturated heterocycles. The lowest BCUT2D eigenvalue weighted by Crippen LogP contribution is -2.27. The van der Waals surface area contributed by atoms with Crippen LogP contribution in [0.15, 0.2) is 12.1 Å². The fourth-order valence-corrected chi connectivity index (χ4v) is 1.09. The first kappa shape index (κ1) is 11.8. The minimum absolute atomic E-state index is 0.131. The number of rotatable bonds is 4. The quantitative estimate of drug-likeness (QED) is 0.701. The maximum atomic E-state index is 9.10. The van der Waals surface area contributed by atoms with E-state index in [1.54, 1.807) is 0 Å².